The number of nitrogens with one attached hydrogen (secondary N) is 1. The molecule has 0 aliphatic heterocycles. The van der Waals surface area contributed by atoms with Gasteiger partial charge in [0.25, 0.3) is 5.88 Å². The van der Waals surface area contributed by atoms with E-state index in [-0.39, 0.29) is 11.6 Å². The summed E-state index contributed by atoms with van der Waals surface area (Å²) in [4.78, 5) is 4.21. The lowest BCUT2D eigenvalue weighted by atomic mass is 10.1. The van der Waals surface area contributed by atoms with E-state index in [0.717, 1.165) is 30.6 Å². The van der Waals surface area contributed by atoms with E-state index < -0.39 is 0 Å². The van der Waals surface area contributed by atoms with Gasteiger partial charge in [0.15, 0.2) is 5.89 Å². The minimum absolute atomic E-state index is 0.232. The molecule has 0 saturated heterocycles. The Kier molecular flexibility index (Phi) is 7.51. The molecule has 0 aliphatic carbocycles. The van der Waals surface area contributed by atoms with Crippen molar-refractivity contribution in [2.45, 2.75) is 45.4 Å². The monoisotopic (exact) mass is 340 g/mol. The van der Waals surface area contributed by atoms with E-state index in [1.54, 1.807) is 13.3 Å². The molecular weight excluding hydrogens is 316 g/mol. The summed E-state index contributed by atoms with van der Waals surface area (Å²) < 4.78 is 10.7. The topological polar surface area (TPSA) is 83.4 Å². The SMILES string of the molecule is CCCCCCCc1nc(C#N)c(N/N=C/c2ccc(OC)cc2)o1. The summed E-state index contributed by atoms with van der Waals surface area (Å²) in [6.07, 6.45) is 8.24. The van der Waals surface area contributed by atoms with Gasteiger partial charge >= 0.3 is 0 Å². The van der Waals surface area contributed by atoms with Crippen LogP contribution in [-0.4, -0.2) is 18.3 Å². The van der Waals surface area contributed by atoms with Crippen molar-refractivity contribution in [1.29, 1.82) is 5.26 Å². The Bertz CT molecular complexity index is 714. The van der Waals surface area contributed by atoms with Crippen LogP contribution in [0.3, 0.4) is 0 Å². The maximum atomic E-state index is 9.17. The number of rotatable bonds is 10. The second kappa shape index (κ2) is 10.1. The van der Waals surface area contributed by atoms with Crippen LogP contribution in [0.2, 0.25) is 0 Å². The molecule has 2 aromatic rings. The quantitative estimate of drug-likeness (QED) is 0.391. The number of ether oxygens (including phenoxy) is 1. The van der Waals surface area contributed by atoms with Gasteiger partial charge in [-0.25, -0.2) is 10.4 Å². The van der Waals surface area contributed by atoms with Gasteiger partial charge in [-0.15, -0.1) is 0 Å². The summed E-state index contributed by atoms with van der Waals surface area (Å²) in [5.41, 5.74) is 3.90. The normalized spacial score (nSPS) is 10.8. The summed E-state index contributed by atoms with van der Waals surface area (Å²) in [6, 6.07) is 9.51. The van der Waals surface area contributed by atoms with Crippen molar-refractivity contribution in [2.75, 3.05) is 12.5 Å². The van der Waals surface area contributed by atoms with Crippen LogP contribution in [0.15, 0.2) is 33.8 Å². The van der Waals surface area contributed by atoms with Gasteiger partial charge in [0, 0.05) is 6.42 Å². The molecule has 0 fully saturated rings. The fourth-order valence-corrected chi connectivity index (χ4v) is 2.36. The summed E-state index contributed by atoms with van der Waals surface area (Å²) in [6.45, 7) is 2.19. The third-order valence-electron chi connectivity index (χ3n) is 3.77. The molecule has 0 saturated carbocycles. The number of oxazole rings is 1. The molecule has 1 heterocycles. The number of nitrogens with zero attached hydrogens (tertiary/aromatic N) is 3. The predicted molar refractivity (Wildman–Crippen MR) is 97.9 cm³/mol. The highest BCUT2D eigenvalue weighted by Gasteiger charge is 2.12. The molecule has 25 heavy (non-hydrogen) atoms. The number of hydrazone groups is 1. The van der Waals surface area contributed by atoms with Crippen LogP contribution >= 0.6 is 0 Å². The molecule has 1 N–H and O–H groups in total. The number of aromatic nitrogens is 1. The third-order valence-corrected chi connectivity index (χ3v) is 3.77. The first-order valence-electron chi connectivity index (χ1n) is 8.59. The molecule has 0 spiro atoms. The van der Waals surface area contributed by atoms with Gasteiger partial charge in [0.05, 0.1) is 13.3 Å². The van der Waals surface area contributed by atoms with Gasteiger partial charge in [0.1, 0.15) is 11.8 Å². The Hall–Kier alpha value is -2.81. The Balaban J connectivity index is 1.89. The molecule has 2 rings (SSSR count). The van der Waals surface area contributed by atoms with E-state index in [0.29, 0.717) is 5.89 Å². The summed E-state index contributed by atoms with van der Waals surface area (Å²) in [7, 11) is 1.62. The molecule has 0 amide bonds. The van der Waals surface area contributed by atoms with Gasteiger partial charge in [-0.2, -0.15) is 10.4 Å². The van der Waals surface area contributed by atoms with Crippen molar-refractivity contribution >= 4 is 12.1 Å². The largest absolute Gasteiger partial charge is 0.497 e. The highest BCUT2D eigenvalue weighted by Crippen LogP contribution is 2.18. The zero-order valence-corrected chi connectivity index (χ0v) is 14.8. The lowest BCUT2D eigenvalue weighted by Gasteiger charge is -1.99. The second-order valence-electron chi connectivity index (χ2n) is 5.70. The summed E-state index contributed by atoms with van der Waals surface area (Å²) >= 11 is 0. The van der Waals surface area contributed by atoms with Gasteiger partial charge in [-0.1, -0.05) is 32.6 Å². The average molecular weight is 340 g/mol. The number of benzene rings is 1. The Morgan fingerprint density at radius 2 is 2.00 bits per heavy atom. The summed E-state index contributed by atoms with van der Waals surface area (Å²) in [5, 5.41) is 13.3. The van der Waals surface area contributed by atoms with Crippen LogP contribution in [-0.2, 0) is 6.42 Å². The van der Waals surface area contributed by atoms with Gasteiger partial charge < -0.3 is 9.15 Å². The van der Waals surface area contributed by atoms with Crippen molar-refractivity contribution in [3.05, 3.63) is 41.4 Å². The van der Waals surface area contributed by atoms with Crippen molar-refractivity contribution in [1.82, 2.24) is 4.98 Å². The fraction of sp³-hybridized carbons (Fsp3) is 0.421. The molecule has 0 unspecified atom stereocenters. The standard InChI is InChI=1S/C19H24N4O2/c1-3-4-5-6-7-8-18-22-17(13-20)19(25-18)23-21-14-15-9-11-16(24-2)12-10-15/h9-12,14,23H,3-8H2,1-2H3/b21-14+. The number of anilines is 1. The van der Waals surface area contributed by atoms with Crippen LogP contribution in [0.25, 0.3) is 0 Å². The number of hydrogen-bond acceptors (Lipinski definition) is 6. The van der Waals surface area contributed by atoms with E-state index in [4.69, 9.17) is 14.4 Å². The highest BCUT2D eigenvalue weighted by atomic mass is 16.5. The number of unbranched alkanes of at least 4 members (excludes halogenated alkanes) is 4. The van der Waals surface area contributed by atoms with E-state index in [1.165, 1.54) is 19.3 Å². The lowest BCUT2D eigenvalue weighted by molar-refractivity contribution is 0.415. The highest BCUT2D eigenvalue weighted by molar-refractivity contribution is 5.80. The zero-order chi connectivity index (χ0) is 17.9. The first-order valence-corrected chi connectivity index (χ1v) is 8.59. The predicted octanol–water partition coefficient (Wildman–Crippen LogP) is 4.51. The molecule has 1 aromatic carbocycles. The van der Waals surface area contributed by atoms with E-state index in [9.17, 15) is 0 Å². The maximum absolute atomic E-state index is 9.17. The zero-order valence-electron chi connectivity index (χ0n) is 14.8. The minimum Gasteiger partial charge on any atom is -0.497 e. The number of aryl methyl sites for hydroxylation is 1. The fourth-order valence-electron chi connectivity index (χ4n) is 2.36. The Labute approximate surface area is 148 Å². The molecular formula is C19H24N4O2. The van der Waals surface area contributed by atoms with E-state index in [1.807, 2.05) is 30.3 Å². The van der Waals surface area contributed by atoms with Crippen molar-refractivity contribution in [3.63, 3.8) is 0 Å². The number of nitriles is 1. The lowest BCUT2D eigenvalue weighted by Crippen LogP contribution is -1.91. The second-order valence-corrected chi connectivity index (χ2v) is 5.70. The third kappa shape index (κ3) is 5.96. The van der Waals surface area contributed by atoms with Crippen molar-refractivity contribution in [3.8, 4) is 11.8 Å². The summed E-state index contributed by atoms with van der Waals surface area (Å²) in [5.74, 6) is 1.65. The van der Waals surface area contributed by atoms with Crippen LogP contribution in [0.4, 0.5) is 5.88 Å². The number of methoxy groups -OCH3 is 1. The van der Waals surface area contributed by atoms with Crippen LogP contribution in [0.1, 0.15) is 56.2 Å². The first kappa shape index (κ1) is 18.5. The Morgan fingerprint density at radius 3 is 2.68 bits per heavy atom. The van der Waals surface area contributed by atoms with Gasteiger partial charge in [0.2, 0.25) is 5.69 Å². The van der Waals surface area contributed by atoms with Crippen LogP contribution in [0.5, 0.6) is 5.75 Å². The maximum Gasteiger partial charge on any atom is 0.252 e. The molecule has 1 aromatic heterocycles. The molecule has 0 aliphatic rings. The van der Waals surface area contributed by atoms with Crippen LogP contribution in [0, 0.1) is 11.3 Å². The number of hydrogen-bond donors (Lipinski definition) is 1. The molecule has 0 bridgehead atoms. The first-order chi connectivity index (χ1) is 12.3. The molecule has 0 radical (unpaired) electrons. The van der Waals surface area contributed by atoms with E-state index in [2.05, 4.69) is 22.4 Å². The Morgan fingerprint density at radius 1 is 1.24 bits per heavy atom. The van der Waals surface area contributed by atoms with Gasteiger partial charge in [-0.05, 0) is 36.2 Å². The van der Waals surface area contributed by atoms with Gasteiger partial charge in [-0.3, -0.25) is 0 Å². The molecule has 0 atom stereocenters. The smallest absolute Gasteiger partial charge is 0.252 e. The molecule has 132 valence electrons. The van der Waals surface area contributed by atoms with Crippen molar-refractivity contribution < 1.29 is 9.15 Å². The average Bonchev–Trinajstić information content (AvgIpc) is 3.04. The van der Waals surface area contributed by atoms with E-state index >= 15 is 0 Å². The van der Waals surface area contributed by atoms with Crippen molar-refractivity contribution in [2.24, 2.45) is 5.10 Å². The minimum atomic E-state index is 0.232. The molecule has 6 heteroatoms. The molecule has 6 nitrogen and oxygen atoms in total. The van der Waals surface area contributed by atoms with Crippen LogP contribution < -0.4 is 10.2 Å².